The Balaban J connectivity index is 1.24. The molecule has 10 rings (SSSR count). The average Bonchev–Trinajstić information content (AvgIpc) is 3.73. The van der Waals surface area contributed by atoms with E-state index in [9.17, 15) is 0 Å². The fourth-order valence-electron chi connectivity index (χ4n) is 6.74. The molecule has 4 heterocycles. The van der Waals surface area contributed by atoms with Crippen molar-refractivity contribution in [3.05, 3.63) is 146 Å². The zero-order valence-corrected chi connectivity index (χ0v) is 26.3. The van der Waals surface area contributed by atoms with Gasteiger partial charge in [0.2, 0.25) is 0 Å². The minimum Gasteiger partial charge on any atom is -0.455 e. The second-order valence-electron chi connectivity index (χ2n) is 11.8. The molecule has 0 aliphatic carbocycles. The van der Waals surface area contributed by atoms with Crippen LogP contribution in [0.25, 0.3) is 98.3 Å². The molecular formula is C42H24N4OS. The summed E-state index contributed by atoms with van der Waals surface area (Å²) in [5.41, 5.74) is 6.02. The Bertz CT molecular complexity index is 2850. The SMILES string of the molecule is c1ccc(-c2nc(-c3ccc4c(c3)sc3ccccc34)nc(-c3ncc(-c4cccc5ccccc45)c4oc5ccccc5c34)n2)cc1. The molecular weight excluding hydrogens is 609 g/mol. The summed E-state index contributed by atoms with van der Waals surface area (Å²) < 4.78 is 9.10. The molecule has 0 saturated carbocycles. The van der Waals surface area contributed by atoms with Gasteiger partial charge < -0.3 is 4.42 Å². The summed E-state index contributed by atoms with van der Waals surface area (Å²) in [5, 5.41) is 6.64. The van der Waals surface area contributed by atoms with E-state index in [0.717, 1.165) is 55.0 Å². The van der Waals surface area contributed by atoms with Crippen molar-refractivity contribution in [1.82, 2.24) is 19.9 Å². The van der Waals surface area contributed by atoms with Crippen molar-refractivity contribution in [1.29, 1.82) is 0 Å². The smallest absolute Gasteiger partial charge is 0.183 e. The highest BCUT2D eigenvalue weighted by Gasteiger charge is 2.22. The van der Waals surface area contributed by atoms with E-state index in [0.29, 0.717) is 23.2 Å². The van der Waals surface area contributed by atoms with Crippen molar-refractivity contribution >= 4 is 64.2 Å². The number of benzene rings is 6. The number of hydrogen-bond acceptors (Lipinski definition) is 6. The molecule has 6 aromatic carbocycles. The van der Waals surface area contributed by atoms with Gasteiger partial charge in [0.15, 0.2) is 17.5 Å². The molecule has 0 amide bonds. The van der Waals surface area contributed by atoms with Crippen LogP contribution in [0, 0.1) is 0 Å². The number of thiophene rings is 1. The molecule has 6 heteroatoms. The van der Waals surface area contributed by atoms with Gasteiger partial charge in [-0.15, -0.1) is 11.3 Å². The largest absolute Gasteiger partial charge is 0.455 e. The first-order valence-corrected chi connectivity index (χ1v) is 16.6. The molecule has 0 unspecified atom stereocenters. The number of aromatic nitrogens is 4. The predicted molar refractivity (Wildman–Crippen MR) is 197 cm³/mol. The molecule has 0 aliphatic rings. The van der Waals surface area contributed by atoms with Gasteiger partial charge >= 0.3 is 0 Å². The summed E-state index contributed by atoms with van der Waals surface area (Å²) in [6.07, 6.45) is 1.90. The van der Waals surface area contributed by atoms with Crippen LogP contribution in [0.2, 0.25) is 0 Å². The van der Waals surface area contributed by atoms with Gasteiger partial charge in [0, 0.05) is 48.4 Å². The zero-order valence-electron chi connectivity index (χ0n) is 25.5. The molecule has 0 radical (unpaired) electrons. The molecule has 0 aliphatic heterocycles. The Kier molecular flexibility index (Phi) is 5.98. The zero-order chi connectivity index (χ0) is 31.6. The van der Waals surface area contributed by atoms with Crippen LogP contribution in [0.4, 0.5) is 0 Å². The number of hydrogen-bond donors (Lipinski definition) is 0. The summed E-state index contributed by atoms with van der Waals surface area (Å²) >= 11 is 1.78. The summed E-state index contributed by atoms with van der Waals surface area (Å²) in [5.74, 6) is 1.68. The lowest BCUT2D eigenvalue weighted by Crippen LogP contribution is -2.01. The van der Waals surface area contributed by atoms with Gasteiger partial charge in [-0.25, -0.2) is 15.0 Å². The lowest BCUT2D eigenvalue weighted by atomic mass is 9.97. The molecule has 0 saturated heterocycles. The van der Waals surface area contributed by atoms with Crippen molar-refractivity contribution < 1.29 is 4.42 Å². The van der Waals surface area contributed by atoms with Gasteiger partial charge in [0.05, 0.1) is 5.39 Å². The number of pyridine rings is 1. The van der Waals surface area contributed by atoms with Gasteiger partial charge in [-0.3, -0.25) is 4.98 Å². The monoisotopic (exact) mass is 632 g/mol. The minimum atomic E-state index is 0.497. The molecule has 5 nitrogen and oxygen atoms in total. The van der Waals surface area contributed by atoms with Crippen molar-refractivity contribution in [2.75, 3.05) is 0 Å². The first-order valence-electron chi connectivity index (χ1n) is 15.8. The Morgan fingerprint density at radius 1 is 0.479 bits per heavy atom. The van der Waals surface area contributed by atoms with Crippen LogP contribution < -0.4 is 0 Å². The molecule has 0 atom stereocenters. The van der Waals surface area contributed by atoms with E-state index in [4.69, 9.17) is 24.4 Å². The van der Waals surface area contributed by atoms with Gasteiger partial charge in [0.1, 0.15) is 16.9 Å². The van der Waals surface area contributed by atoms with E-state index in [1.54, 1.807) is 11.3 Å². The lowest BCUT2D eigenvalue weighted by molar-refractivity contribution is 0.669. The van der Waals surface area contributed by atoms with Crippen LogP contribution in [0.3, 0.4) is 0 Å². The van der Waals surface area contributed by atoms with E-state index in [1.807, 2.05) is 54.7 Å². The second kappa shape index (κ2) is 10.7. The molecule has 0 bridgehead atoms. The second-order valence-corrected chi connectivity index (χ2v) is 12.9. The van der Waals surface area contributed by atoms with Crippen LogP contribution >= 0.6 is 11.3 Å². The van der Waals surface area contributed by atoms with Crippen LogP contribution in [-0.4, -0.2) is 19.9 Å². The standard InChI is InChI=1S/C42H24N4OS/c1-2-12-26(13-3-1)40-44-41(27-21-22-31-30-16-7-9-20-35(30)48-36(31)23-27)46-42(45-40)38-37-32-17-6-8-19-34(32)47-39(37)33(24-43-38)29-18-10-14-25-11-4-5-15-28(25)29/h1-24H. The number of nitrogens with zero attached hydrogens (tertiary/aromatic N) is 4. The number of fused-ring (bicyclic) bond motifs is 7. The number of rotatable bonds is 4. The molecule has 10 aromatic rings. The fourth-order valence-corrected chi connectivity index (χ4v) is 7.88. The van der Waals surface area contributed by atoms with Crippen LogP contribution in [0.1, 0.15) is 0 Å². The summed E-state index contributed by atoms with van der Waals surface area (Å²) in [6, 6.07) is 47.9. The van der Waals surface area contributed by atoms with E-state index in [1.165, 1.54) is 20.2 Å². The van der Waals surface area contributed by atoms with Gasteiger partial charge in [0.25, 0.3) is 0 Å². The maximum Gasteiger partial charge on any atom is 0.183 e. The molecule has 0 fully saturated rings. The highest BCUT2D eigenvalue weighted by molar-refractivity contribution is 7.25. The number of para-hydroxylation sites is 1. The maximum atomic E-state index is 6.65. The van der Waals surface area contributed by atoms with E-state index in [-0.39, 0.29) is 0 Å². The van der Waals surface area contributed by atoms with Crippen molar-refractivity contribution in [2.24, 2.45) is 0 Å². The van der Waals surface area contributed by atoms with Crippen molar-refractivity contribution in [2.45, 2.75) is 0 Å². The van der Waals surface area contributed by atoms with Crippen LogP contribution in [0.15, 0.2) is 150 Å². The molecule has 48 heavy (non-hydrogen) atoms. The Hall–Kier alpha value is -6.24. The Morgan fingerprint density at radius 3 is 2.06 bits per heavy atom. The first-order chi connectivity index (χ1) is 23.8. The predicted octanol–water partition coefficient (Wildman–Crippen LogP) is 11.4. The van der Waals surface area contributed by atoms with Gasteiger partial charge in [-0.05, 0) is 34.5 Å². The van der Waals surface area contributed by atoms with E-state index < -0.39 is 0 Å². The van der Waals surface area contributed by atoms with E-state index >= 15 is 0 Å². The summed E-state index contributed by atoms with van der Waals surface area (Å²) in [7, 11) is 0. The molecule has 224 valence electrons. The minimum absolute atomic E-state index is 0.497. The third-order valence-corrected chi connectivity index (χ3v) is 10.1. The molecule has 0 N–H and O–H groups in total. The highest BCUT2D eigenvalue weighted by Crippen LogP contribution is 2.42. The van der Waals surface area contributed by atoms with Crippen molar-refractivity contribution in [3.63, 3.8) is 0 Å². The van der Waals surface area contributed by atoms with Gasteiger partial charge in [-0.2, -0.15) is 0 Å². The lowest BCUT2D eigenvalue weighted by Gasteiger charge is -2.11. The van der Waals surface area contributed by atoms with E-state index in [2.05, 4.69) is 91.0 Å². The number of furan rings is 1. The fraction of sp³-hybridized carbons (Fsp3) is 0. The quantitative estimate of drug-likeness (QED) is 0.193. The maximum absolute atomic E-state index is 6.65. The third kappa shape index (κ3) is 4.24. The molecule has 4 aromatic heterocycles. The van der Waals surface area contributed by atoms with Crippen LogP contribution in [0.5, 0.6) is 0 Å². The van der Waals surface area contributed by atoms with Gasteiger partial charge in [-0.1, -0.05) is 121 Å². The van der Waals surface area contributed by atoms with Crippen LogP contribution in [-0.2, 0) is 0 Å². The normalized spacial score (nSPS) is 11.8. The Morgan fingerprint density at radius 2 is 1.17 bits per heavy atom. The highest BCUT2D eigenvalue weighted by atomic mass is 32.1. The molecule has 0 spiro atoms. The Labute approximate surface area is 278 Å². The topological polar surface area (TPSA) is 64.7 Å². The third-order valence-electron chi connectivity index (χ3n) is 9.00. The summed E-state index contributed by atoms with van der Waals surface area (Å²) in [6.45, 7) is 0. The average molecular weight is 633 g/mol. The summed E-state index contributed by atoms with van der Waals surface area (Å²) in [4.78, 5) is 20.3. The van der Waals surface area contributed by atoms with Crippen molar-refractivity contribution in [3.8, 4) is 45.4 Å². The first kappa shape index (κ1) is 26.9.